The van der Waals surface area contributed by atoms with Gasteiger partial charge in [0.1, 0.15) is 0 Å². The molecular weight excluding hydrogens is 344 g/mol. The van der Waals surface area contributed by atoms with Crippen LogP contribution in [0.2, 0.25) is 5.02 Å². The van der Waals surface area contributed by atoms with Crippen molar-refractivity contribution in [3.8, 4) is 0 Å². The molecular formula is C18H21ClN2O4. The molecule has 0 unspecified atom stereocenters. The van der Waals surface area contributed by atoms with Crippen molar-refractivity contribution in [1.82, 2.24) is 4.90 Å². The summed E-state index contributed by atoms with van der Waals surface area (Å²) in [5, 5.41) is 0.608. The number of esters is 1. The van der Waals surface area contributed by atoms with E-state index in [1.165, 1.54) is 7.11 Å². The number of hydrogen-bond acceptors (Lipinski definition) is 4. The topological polar surface area (TPSA) is 66.9 Å². The van der Waals surface area contributed by atoms with Crippen LogP contribution in [0, 0.1) is 11.8 Å². The predicted molar refractivity (Wildman–Crippen MR) is 93.2 cm³/mol. The lowest BCUT2D eigenvalue weighted by molar-refractivity contribution is -0.149. The summed E-state index contributed by atoms with van der Waals surface area (Å²) in [6.45, 7) is 1.45. The Morgan fingerprint density at radius 1 is 1.12 bits per heavy atom. The van der Waals surface area contributed by atoms with Crippen molar-refractivity contribution in [3.05, 3.63) is 29.3 Å². The first kappa shape index (κ1) is 17.7. The van der Waals surface area contributed by atoms with Crippen LogP contribution < -0.4 is 4.90 Å². The van der Waals surface area contributed by atoms with Gasteiger partial charge in [-0.2, -0.15) is 0 Å². The zero-order chi connectivity index (χ0) is 18.0. The highest BCUT2D eigenvalue weighted by molar-refractivity contribution is 6.30. The van der Waals surface area contributed by atoms with Crippen molar-refractivity contribution in [3.63, 3.8) is 0 Å². The summed E-state index contributed by atoms with van der Waals surface area (Å²) < 4.78 is 4.77. The number of amides is 2. The number of piperidine rings is 1. The molecule has 2 amide bonds. The molecule has 0 aliphatic carbocycles. The average molecular weight is 365 g/mol. The molecule has 0 saturated carbocycles. The summed E-state index contributed by atoms with van der Waals surface area (Å²) >= 11 is 5.88. The fraction of sp³-hybridized carbons (Fsp3) is 0.500. The number of carbonyl (C=O) groups is 3. The maximum Gasteiger partial charge on any atom is 0.308 e. The SMILES string of the molecule is COC(=O)C1CCN(C(=O)[C@@H]2CC(=O)N(c3ccc(Cl)cc3)C2)CC1. The first-order valence-electron chi connectivity index (χ1n) is 8.42. The summed E-state index contributed by atoms with van der Waals surface area (Å²) in [5.74, 6) is -0.738. The van der Waals surface area contributed by atoms with E-state index in [0.717, 1.165) is 5.69 Å². The van der Waals surface area contributed by atoms with Crippen LogP contribution in [0.3, 0.4) is 0 Å². The minimum Gasteiger partial charge on any atom is -0.469 e. The Labute approximate surface area is 151 Å². The van der Waals surface area contributed by atoms with E-state index < -0.39 is 0 Å². The van der Waals surface area contributed by atoms with Gasteiger partial charge in [-0.1, -0.05) is 11.6 Å². The number of hydrogen-bond donors (Lipinski definition) is 0. The zero-order valence-electron chi connectivity index (χ0n) is 14.1. The Hall–Kier alpha value is -2.08. The molecule has 0 aromatic heterocycles. The second-order valence-corrected chi connectivity index (χ2v) is 6.94. The van der Waals surface area contributed by atoms with Gasteiger partial charge in [-0.25, -0.2) is 0 Å². The van der Waals surface area contributed by atoms with Crippen LogP contribution in [0.1, 0.15) is 19.3 Å². The molecule has 25 heavy (non-hydrogen) atoms. The molecule has 6 nitrogen and oxygen atoms in total. The molecule has 1 atom stereocenters. The molecule has 2 heterocycles. The quantitative estimate of drug-likeness (QED) is 0.770. The normalized spacial score (nSPS) is 21.5. The summed E-state index contributed by atoms with van der Waals surface area (Å²) in [4.78, 5) is 40.0. The van der Waals surface area contributed by atoms with Crippen molar-refractivity contribution in [2.45, 2.75) is 19.3 Å². The van der Waals surface area contributed by atoms with E-state index in [4.69, 9.17) is 16.3 Å². The zero-order valence-corrected chi connectivity index (χ0v) is 14.9. The maximum absolute atomic E-state index is 12.7. The first-order chi connectivity index (χ1) is 12.0. The highest BCUT2D eigenvalue weighted by Gasteiger charge is 2.38. The summed E-state index contributed by atoms with van der Waals surface area (Å²) in [5.41, 5.74) is 0.758. The molecule has 2 aliphatic rings. The molecule has 7 heteroatoms. The second kappa shape index (κ2) is 7.44. The van der Waals surface area contributed by atoms with Gasteiger partial charge in [0.05, 0.1) is 18.9 Å². The molecule has 0 N–H and O–H groups in total. The Morgan fingerprint density at radius 3 is 2.36 bits per heavy atom. The van der Waals surface area contributed by atoms with E-state index in [1.807, 2.05) is 0 Å². The molecule has 134 valence electrons. The van der Waals surface area contributed by atoms with E-state index >= 15 is 0 Å². The molecule has 2 fully saturated rings. The minimum absolute atomic E-state index is 0.00636. The largest absolute Gasteiger partial charge is 0.469 e. The summed E-state index contributed by atoms with van der Waals surface area (Å²) in [7, 11) is 1.38. The number of anilines is 1. The van der Waals surface area contributed by atoms with Crippen molar-refractivity contribution in [2.24, 2.45) is 11.8 Å². The lowest BCUT2D eigenvalue weighted by Crippen LogP contribution is -2.43. The number of methoxy groups -OCH3 is 1. The van der Waals surface area contributed by atoms with Gasteiger partial charge >= 0.3 is 5.97 Å². The predicted octanol–water partition coefficient (Wildman–Crippen LogP) is 2.10. The molecule has 0 spiro atoms. The smallest absolute Gasteiger partial charge is 0.308 e. The van der Waals surface area contributed by atoms with E-state index in [2.05, 4.69) is 0 Å². The van der Waals surface area contributed by atoms with E-state index in [0.29, 0.717) is 37.5 Å². The first-order valence-corrected chi connectivity index (χ1v) is 8.80. The fourth-order valence-corrected chi connectivity index (χ4v) is 3.63. The third-order valence-corrected chi connectivity index (χ3v) is 5.21. The van der Waals surface area contributed by atoms with Gasteiger partial charge in [0.25, 0.3) is 0 Å². The van der Waals surface area contributed by atoms with Crippen LogP contribution in [0.4, 0.5) is 5.69 Å². The van der Waals surface area contributed by atoms with Crippen LogP contribution in [-0.4, -0.2) is 49.4 Å². The van der Waals surface area contributed by atoms with Gasteiger partial charge in [0.2, 0.25) is 11.8 Å². The maximum atomic E-state index is 12.7. The number of benzene rings is 1. The lowest BCUT2D eigenvalue weighted by atomic mass is 9.95. The Bertz CT molecular complexity index is 668. The van der Waals surface area contributed by atoms with Crippen LogP contribution in [0.25, 0.3) is 0 Å². The van der Waals surface area contributed by atoms with E-state index in [9.17, 15) is 14.4 Å². The molecule has 0 radical (unpaired) electrons. The van der Waals surface area contributed by atoms with Crippen LogP contribution in [-0.2, 0) is 19.1 Å². The third-order valence-electron chi connectivity index (χ3n) is 4.95. The third kappa shape index (κ3) is 3.79. The van der Waals surface area contributed by atoms with Crippen LogP contribution in [0.5, 0.6) is 0 Å². The fourth-order valence-electron chi connectivity index (χ4n) is 3.50. The second-order valence-electron chi connectivity index (χ2n) is 6.50. The van der Waals surface area contributed by atoms with Gasteiger partial charge in [-0.15, -0.1) is 0 Å². The van der Waals surface area contributed by atoms with Gasteiger partial charge in [-0.05, 0) is 37.1 Å². The molecule has 0 bridgehead atoms. The monoisotopic (exact) mass is 364 g/mol. The van der Waals surface area contributed by atoms with Crippen molar-refractivity contribution in [1.29, 1.82) is 0 Å². The van der Waals surface area contributed by atoms with Gasteiger partial charge in [0.15, 0.2) is 0 Å². The van der Waals surface area contributed by atoms with Crippen LogP contribution in [0.15, 0.2) is 24.3 Å². The number of likely N-dealkylation sites (tertiary alicyclic amines) is 1. The number of rotatable bonds is 3. The Kier molecular flexibility index (Phi) is 5.27. The molecule has 1 aromatic rings. The Balaban J connectivity index is 1.60. The van der Waals surface area contributed by atoms with Gasteiger partial charge < -0.3 is 14.5 Å². The minimum atomic E-state index is -0.335. The molecule has 2 saturated heterocycles. The van der Waals surface area contributed by atoms with E-state index in [-0.39, 0.29) is 36.0 Å². The van der Waals surface area contributed by atoms with Crippen molar-refractivity contribution >= 4 is 35.1 Å². The number of nitrogens with zero attached hydrogens (tertiary/aromatic N) is 2. The summed E-state index contributed by atoms with van der Waals surface area (Å²) in [6.07, 6.45) is 1.44. The molecule has 2 aliphatic heterocycles. The van der Waals surface area contributed by atoms with Crippen molar-refractivity contribution in [2.75, 3.05) is 31.6 Å². The molecule has 3 rings (SSSR count). The number of ether oxygens (including phenoxy) is 1. The number of carbonyl (C=O) groups excluding carboxylic acids is 3. The average Bonchev–Trinajstić information content (AvgIpc) is 3.03. The summed E-state index contributed by atoms with van der Waals surface area (Å²) in [6, 6.07) is 7.04. The van der Waals surface area contributed by atoms with Gasteiger partial charge in [0, 0.05) is 36.8 Å². The lowest BCUT2D eigenvalue weighted by Gasteiger charge is -2.32. The van der Waals surface area contributed by atoms with Gasteiger partial charge in [-0.3, -0.25) is 14.4 Å². The highest BCUT2D eigenvalue weighted by atomic mass is 35.5. The Morgan fingerprint density at radius 2 is 1.76 bits per heavy atom. The highest BCUT2D eigenvalue weighted by Crippen LogP contribution is 2.28. The number of halogens is 1. The molecule has 1 aromatic carbocycles. The van der Waals surface area contributed by atoms with E-state index in [1.54, 1.807) is 34.1 Å². The van der Waals surface area contributed by atoms with Crippen molar-refractivity contribution < 1.29 is 19.1 Å². The standard InChI is InChI=1S/C18H21ClN2O4/c1-25-18(24)12-6-8-20(9-7-12)17(23)13-10-16(22)21(11-13)15-4-2-14(19)3-5-15/h2-5,12-13H,6-11H2,1H3/t13-/m1/s1. The van der Waals surface area contributed by atoms with Crippen LogP contribution >= 0.6 is 11.6 Å².